The molecule has 0 atom stereocenters. The third kappa shape index (κ3) is 4.82. The Morgan fingerprint density at radius 2 is 2.06 bits per heavy atom. The van der Waals surface area contributed by atoms with Crippen molar-refractivity contribution in [2.45, 2.75) is 6.54 Å². The number of nitrogens with zero attached hydrogens (tertiary/aromatic N) is 7. The van der Waals surface area contributed by atoms with E-state index in [2.05, 4.69) is 40.7 Å². The maximum atomic E-state index is 13.0. The fraction of sp³-hybridized carbons (Fsp3) is 0.294. The van der Waals surface area contributed by atoms with Gasteiger partial charge in [0.05, 0.1) is 29.5 Å². The van der Waals surface area contributed by atoms with E-state index in [1.807, 2.05) is 0 Å². The van der Waals surface area contributed by atoms with Crippen LogP contribution in [0.5, 0.6) is 0 Å². The monoisotopic (exact) mass is 465 g/mol. The Hall–Kier alpha value is -3.06. The predicted molar refractivity (Wildman–Crippen MR) is 111 cm³/mol. The molecule has 4 rings (SSSR count). The number of anilines is 1. The number of aromatic nitrogens is 5. The normalized spacial score (nSPS) is 14.9. The first-order valence-corrected chi connectivity index (χ1v) is 9.90. The van der Waals surface area contributed by atoms with Crippen LogP contribution < -0.4 is 11.2 Å². The van der Waals surface area contributed by atoms with E-state index in [4.69, 9.17) is 33.7 Å². The maximum Gasteiger partial charge on any atom is 0.292 e. The zero-order valence-corrected chi connectivity index (χ0v) is 17.5. The Balaban J connectivity index is 1.58. The second kappa shape index (κ2) is 9.39. The Kier molecular flexibility index (Phi) is 6.42. The van der Waals surface area contributed by atoms with Gasteiger partial charge in [-0.05, 0) is 28.0 Å². The lowest BCUT2D eigenvalue weighted by Crippen LogP contribution is -2.36. The van der Waals surface area contributed by atoms with E-state index >= 15 is 0 Å². The Morgan fingerprint density at radius 3 is 2.77 bits per heavy atom. The molecule has 1 aliphatic heterocycles. The Bertz CT molecular complexity index is 1110. The number of carbonyl (C=O) groups excluding carboxylic acids is 1. The van der Waals surface area contributed by atoms with Crippen molar-refractivity contribution < 1.29 is 14.2 Å². The van der Waals surface area contributed by atoms with Gasteiger partial charge < -0.3 is 10.5 Å². The Labute approximate surface area is 185 Å². The molecular formula is C17H17Cl2N9O3. The lowest BCUT2D eigenvalue weighted by Gasteiger charge is -2.25. The van der Waals surface area contributed by atoms with Gasteiger partial charge in [-0.2, -0.15) is 9.78 Å². The lowest BCUT2D eigenvalue weighted by atomic mass is 10.2. The highest BCUT2D eigenvalue weighted by molar-refractivity contribution is 6.42. The molecule has 0 radical (unpaired) electrons. The largest absolute Gasteiger partial charge is 0.379 e. The van der Waals surface area contributed by atoms with Gasteiger partial charge in [-0.3, -0.25) is 9.69 Å². The molecule has 12 nitrogen and oxygen atoms in total. The highest BCUT2D eigenvalue weighted by Gasteiger charge is 2.26. The summed E-state index contributed by atoms with van der Waals surface area (Å²) in [6.45, 7) is 3.00. The average molecular weight is 466 g/mol. The Morgan fingerprint density at radius 1 is 1.26 bits per heavy atom. The van der Waals surface area contributed by atoms with E-state index in [1.165, 1.54) is 10.9 Å². The van der Waals surface area contributed by atoms with Crippen molar-refractivity contribution in [1.29, 1.82) is 0 Å². The first-order valence-electron chi connectivity index (χ1n) is 9.14. The van der Waals surface area contributed by atoms with Crippen LogP contribution in [0.15, 0.2) is 27.9 Å². The number of amides is 1. The summed E-state index contributed by atoms with van der Waals surface area (Å²) in [5.41, 5.74) is 9.41. The van der Waals surface area contributed by atoms with Crippen molar-refractivity contribution in [3.05, 3.63) is 45.2 Å². The summed E-state index contributed by atoms with van der Waals surface area (Å²) in [5, 5.41) is 20.2. The maximum absolute atomic E-state index is 13.0. The molecule has 0 spiro atoms. The lowest BCUT2D eigenvalue weighted by molar-refractivity contribution is 0.0335. The number of nitrogens with one attached hydrogen (secondary N) is 1. The van der Waals surface area contributed by atoms with Crippen LogP contribution >= 0.6 is 23.2 Å². The summed E-state index contributed by atoms with van der Waals surface area (Å²) in [7, 11) is 0. The number of carbonyl (C=O) groups is 1. The average Bonchev–Trinajstić information content (AvgIpc) is 3.37. The van der Waals surface area contributed by atoms with Crippen molar-refractivity contribution in [3.63, 3.8) is 0 Å². The van der Waals surface area contributed by atoms with Crippen LogP contribution in [0.1, 0.15) is 21.7 Å². The van der Waals surface area contributed by atoms with E-state index in [0.29, 0.717) is 54.2 Å². The number of rotatable bonds is 6. The molecular weight excluding hydrogens is 449 g/mol. The molecule has 1 aromatic carbocycles. The zero-order valence-electron chi connectivity index (χ0n) is 16.0. The number of nitrogens with two attached hydrogens (primary N) is 1. The van der Waals surface area contributed by atoms with Crippen LogP contribution in [0.25, 0.3) is 5.82 Å². The minimum Gasteiger partial charge on any atom is -0.379 e. The van der Waals surface area contributed by atoms with Crippen molar-refractivity contribution in [3.8, 4) is 5.82 Å². The molecule has 0 unspecified atom stereocenters. The topological polar surface area (TPSA) is 150 Å². The van der Waals surface area contributed by atoms with Gasteiger partial charge >= 0.3 is 0 Å². The smallest absolute Gasteiger partial charge is 0.292 e. The summed E-state index contributed by atoms with van der Waals surface area (Å²) >= 11 is 11.9. The van der Waals surface area contributed by atoms with Gasteiger partial charge in [0.2, 0.25) is 11.6 Å². The quantitative estimate of drug-likeness (QED) is 0.403. The van der Waals surface area contributed by atoms with Crippen LogP contribution in [0.2, 0.25) is 10.0 Å². The number of ether oxygens (including phenoxy) is 1. The standard InChI is InChI=1S/C17H17Cl2N9O3/c18-11-2-1-10(7-12(11)19)8-21-23-17(29)14-13(9-27-3-5-30-6-4-27)22-26-28(14)16-15(20)24-31-25-16/h1-2,7-8H,3-6,9H2,(H2,20,24)(H,23,29). The number of morpholine rings is 1. The van der Waals surface area contributed by atoms with Crippen LogP contribution in [0, 0.1) is 0 Å². The van der Waals surface area contributed by atoms with Gasteiger partial charge in [0, 0.05) is 19.6 Å². The second-order valence-electron chi connectivity index (χ2n) is 6.53. The van der Waals surface area contributed by atoms with E-state index in [9.17, 15) is 4.79 Å². The van der Waals surface area contributed by atoms with Gasteiger partial charge in [-0.15, -0.1) is 5.10 Å². The summed E-state index contributed by atoms with van der Waals surface area (Å²) in [6.07, 6.45) is 1.43. The highest BCUT2D eigenvalue weighted by Crippen LogP contribution is 2.22. The summed E-state index contributed by atoms with van der Waals surface area (Å²) in [6, 6.07) is 4.96. The first kappa shape index (κ1) is 21.2. The van der Waals surface area contributed by atoms with Crippen LogP contribution in [-0.4, -0.2) is 68.6 Å². The molecule has 3 N–H and O–H groups in total. The number of halogens is 2. The van der Waals surface area contributed by atoms with Gasteiger partial charge in [0.25, 0.3) is 5.91 Å². The SMILES string of the molecule is Nc1nonc1-n1nnc(CN2CCOCC2)c1C(=O)NN=Cc1ccc(Cl)c(Cl)c1. The van der Waals surface area contributed by atoms with Crippen molar-refractivity contribution >= 4 is 41.1 Å². The van der Waals surface area contributed by atoms with Gasteiger partial charge in [0.1, 0.15) is 5.69 Å². The van der Waals surface area contributed by atoms with E-state index in [1.54, 1.807) is 18.2 Å². The van der Waals surface area contributed by atoms with Crippen LogP contribution in [-0.2, 0) is 11.3 Å². The van der Waals surface area contributed by atoms with Gasteiger partial charge in [0.15, 0.2) is 5.69 Å². The summed E-state index contributed by atoms with van der Waals surface area (Å²) < 4.78 is 11.2. The third-order valence-electron chi connectivity index (χ3n) is 4.45. The molecule has 1 aliphatic rings. The van der Waals surface area contributed by atoms with E-state index in [0.717, 1.165) is 0 Å². The van der Waals surface area contributed by atoms with Crippen LogP contribution in [0.3, 0.4) is 0 Å². The van der Waals surface area contributed by atoms with E-state index < -0.39 is 5.91 Å². The third-order valence-corrected chi connectivity index (χ3v) is 5.19. The first-order chi connectivity index (χ1) is 15.0. The van der Waals surface area contributed by atoms with Crippen molar-refractivity contribution in [2.24, 2.45) is 5.10 Å². The molecule has 162 valence electrons. The molecule has 1 saturated heterocycles. The minimum absolute atomic E-state index is 0.0313. The molecule has 0 saturated carbocycles. The number of benzene rings is 1. The molecule has 14 heteroatoms. The van der Waals surface area contributed by atoms with Crippen LogP contribution in [0.4, 0.5) is 5.82 Å². The number of hydrogen-bond acceptors (Lipinski definition) is 10. The van der Waals surface area contributed by atoms with Crippen molar-refractivity contribution in [1.82, 2.24) is 35.6 Å². The second-order valence-corrected chi connectivity index (χ2v) is 7.35. The summed E-state index contributed by atoms with van der Waals surface area (Å²) in [5.74, 6) is -0.539. The molecule has 1 amide bonds. The zero-order chi connectivity index (χ0) is 21.8. The minimum atomic E-state index is -0.563. The molecule has 3 aromatic rings. The molecule has 0 aliphatic carbocycles. The molecule has 0 bridgehead atoms. The highest BCUT2D eigenvalue weighted by atomic mass is 35.5. The summed E-state index contributed by atoms with van der Waals surface area (Å²) in [4.78, 5) is 15.1. The van der Waals surface area contributed by atoms with E-state index in [-0.39, 0.29) is 17.3 Å². The number of hydrogen-bond donors (Lipinski definition) is 2. The predicted octanol–water partition coefficient (Wildman–Crippen LogP) is 1.14. The van der Waals surface area contributed by atoms with Gasteiger partial charge in [-0.25, -0.2) is 10.1 Å². The fourth-order valence-corrected chi connectivity index (χ4v) is 3.22. The fourth-order valence-electron chi connectivity index (χ4n) is 2.92. The van der Waals surface area contributed by atoms with Gasteiger partial charge in [-0.1, -0.05) is 34.5 Å². The molecule has 2 aromatic heterocycles. The number of nitrogen functional groups attached to an aromatic ring is 1. The molecule has 31 heavy (non-hydrogen) atoms. The molecule has 3 heterocycles. The number of hydrazone groups is 1. The molecule has 1 fully saturated rings. The van der Waals surface area contributed by atoms with Crippen molar-refractivity contribution in [2.75, 3.05) is 32.0 Å².